The van der Waals surface area contributed by atoms with Crippen molar-refractivity contribution >= 4 is 32.8 Å². The molecule has 4 fully saturated rings. The number of halogens is 2. The largest absolute Gasteiger partial charge is 0.494 e. The highest BCUT2D eigenvalue weighted by Crippen LogP contribution is 2.63. The number of ether oxygens (including phenoxy) is 3. The Labute approximate surface area is 262 Å². The fourth-order valence-corrected chi connectivity index (χ4v) is 12.2. The summed E-state index contributed by atoms with van der Waals surface area (Å²) in [5.74, 6) is 1.21. The minimum Gasteiger partial charge on any atom is -0.494 e. The number of hydrogen-bond acceptors (Lipinski definition) is 7. The molecule has 5 rings (SSSR count). The second kappa shape index (κ2) is 12.8. The van der Waals surface area contributed by atoms with E-state index in [1.54, 1.807) is 0 Å². The molecule has 44 heavy (non-hydrogen) atoms. The molecule has 3 saturated carbocycles. The van der Waals surface area contributed by atoms with Gasteiger partial charge in [-0.25, -0.2) is 4.79 Å². The van der Waals surface area contributed by atoms with E-state index in [-0.39, 0.29) is 51.2 Å². The molecular formula is C32H45F2O8S2+. The number of alkyl halides is 2. The first kappa shape index (κ1) is 33.6. The van der Waals surface area contributed by atoms with Crippen LogP contribution in [-0.4, -0.2) is 73.2 Å². The third kappa shape index (κ3) is 6.83. The zero-order chi connectivity index (χ0) is 31.9. The summed E-state index contributed by atoms with van der Waals surface area (Å²) in [7, 11) is -6.11. The van der Waals surface area contributed by atoms with Crippen molar-refractivity contribution < 1.29 is 45.6 Å². The zero-order valence-corrected chi connectivity index (χ0v) is 27.4. The molecule has 1 aliphatic heterocycles. The lowest BCUT2D eigenvalue weighted by Gasteiger charge is -2.59. The minimum absolute atomic E-state index is 0.127. The highest BCUT2D eigenvalue weighted by Gasteiger charge is 2.59. The Morgan fingerprint density at radius 2 is 1.80 bits per heavy atom. The van der Waals surface area contributed by atoms with Gasteiger partial charge in [0, 0.05) is 21.9 Å². The molecule has 0 amide bonds. The minimum atomic E-state index is -5.93. The number of Topliss-reactive ketones (excluding diaryl/α,β-unsaturated/α-hetero) is 1. The smallest absolute Gasteiger partial charge is 0.465 e. The summed E-state index contributed by atoms with van der Waals surface area (Å²) in [4.78, 5) is 26.4. The van der Waals surface area contributed by atoms with E-state index in [4.69, 9.17) is 18.8 Å². The third-order valence-corrected chi connectivity index (χ3v) is 14.1. The van der Waals surface area contributed by atoms with Crippen molar-refractivity contribution in [1.29, 1.82) is 0 Å². The van der Waals surface area contributed by atoms with Crippen LogP contribution >= 0.6 is 0 Å². The summed E-state index contributed by atoms with van der Waals surface area (Å²) in [5.41, 5.74) is 0.133. The molecule has 3 aliphatic carbocycles. The molecule has 0 radical (unpaired) electrons. The van der Waals surface area contributed by atoms with Crippen molar-refractivity contribution in [3.05, 3.63) is 29.8 Å². The molecule has 1 heterocycles. The monoisotopic (exact) mass is 659 g/mol. The predicted molar refractivity (Wildman–Crippen MR) is 164 cm³/mol. The van der Waals surface area contributed by atoms with Gasteiger partial charge in [0.15, 0.2) is 5.25 Å². The van der Waals surface area contributed by atoms with Crippen molar-refractivity contribution in [1.82, 2.24) is 0 Å². The van der Waals surface area contributed by atoms with Gasteiger partial charge in [0.1, 0.15) is 17.3 Å². The maximum absolute atomic E-state index is 14.3. The van der Waals surface area contributed by atoms with E-state index in [9.17, 15) is 26.8 Å². The number of hydrogen-bond donors (Lipinski definition) is 1. The maximum Gasteiger partial charge on any atom is 0.465 e. The first-order valence-electron chi connectivity index (χ1n) is 15.7. The van der Waals surface area contributed by atoms with Gasteiger partial charge in [0.2, 0.25) is 5.78 Å². The van der Waals surface area contributed by atoms with Crippen LogP contribution in [0.5, 0.6) is 5.75 Å². The van der Waals surface area contributed by atoms with Crippen molar-refractivity contribution in [2.75, 3.05) is 37.9 Å². The molecule has 0 aromatic heterocycles. The van der Waals surface area contributed by atoms with Gasteiger partial charge in [-0.05, 0) is 98.8 Å². The third-order valence-electron chi connectivity index (χ3n) is 10.4. The molecule has 1 aromatic rings. The topological polar surface area (TPSA) is 116 Å². The molecule has 1 N–H and O–H groups in total. The molecule has 6 atom stereocenters. The Bertz CT molecular complexity index is 1310. The van der Waals surface area contributed by atoms with E-state index in [1.807, 2.05) is 31.2 Å². The lowest BCUT2D eigenvalue weighted by atomic mass is 9.46. The Morgan fingerprint density at radius 3 is 2.43 bits per heavy atom. The SMILES string of the molecule is CCOc1ccc(C(=O)C([S+]2CCOCC2)C(C)(C)CC23CC4CCC(C(COC(=O)C(F)(F)S(=O)(=O)O)C2)C(C4)C3)cc1. The van der Waals surface area contributed by atoms with E-state index in [1.165, 1.54) is 0 Å². The van der Waals surface area contributed by atoms with Gasteiger partial charge in [-0.3, -0.25) is 9.35 Å². The van der Waals surface area contributed by atoms with Crippen molar-refractivity contribution in [3.63, 3.8) is 0 Å². The van der Waals surface area contributed by atoms with Gasteiger partial charge in [-0.1, -0.05) is 20.3 Å². The van der Waals surface area contributed by atoms with E-state index in [2.05, 4.69) is 13.8 Å². The number of benzene rings is 1. The average Bonchev–Trinajstić information content (AvgIpc) is 2.95. The van der Waals surface area contributed by atoms with Crippen LogP contribution in [0.4, 0.5) is 8.78 Å². The van der Waals surface area contributed by atoms with Crippen LogP contribution in [-0.2, 0) is 35.3 Å². The fraction of sp³-hybridized carbons (Fsp3) is 0.750. The number of carbonyl (C=O) groups is 2. The molecule has 1 saturated heterocycles. The van der Waals surface area contributed by atoms with Gasteiger partial charge >= 0.3 is 21.3 Å². The van der Waals surface area contributed by atoms with E-state index >= 15 is 0 Å². The van der Waals surface area contributed by atoms with Gasteiger partial charge in [-0.15, -0.1) is 0 Å². The standard InChI is InChI=1S/C32H44F2O8S2/c1-4-41-25-8-6-22(7-9-25)27(35)28(43-13-11-40-12-14-43)30(2,3)20-31-16-21-5-10-26(23(15-21)17-31)24(18-31)19-42-29(36)32(33,34)44(37,38)39/h6-9,21,23-24,26,28H,4-5,10-20H2,1-3H3/p+1. The number of carbonyl (C=O) groups excluding carboxylic acids is 2. The van der Waals surface area contributed by atoms with E-state index in [0.29, 0.717) is 43.6 Å². The summed E-state index contributed by atoms with van der Waals surface area (Å²) in [5, 5.41) is -5.23. The second-order valence-corrected chi connectivity index (χ2v) is 17.8. The maximum atomic E-state index is 14.3. The fourth-order valence-electron chi connectivity index (χ4n) is 9.14. The molecule has 6 unspecified atom stereocenters. The molecule has 4 aliphatic rings. The lowest BCUT2D eigenvalue weighted by molar-refractivity contribution is -0.168. The first-order valence-corrected chi connectivity index (χ1v) is 18.8. The molecule has 12 heteroatoms. The van der Waals surface area contributed by atoms with Gasteiger partial charge < -0.3 is 14.2 Å². The Hall–Kier alpha value is -1.76. The summed E-state index contributed by atoms with van der Waals surface area (Å²) >= 11 is 0. The van der Waals surface area contributed by atoms with Crippen molar-refractivity contribution in [3.8, 4) is 5.75 Å². The Morgan fingerprint density at radius 1 is 1.11 bits per heavy atom. The molecule has 3 bridgehead atoms. The van der Waals surface area contributed by atoms with Crippen LogP contribution in [0.25, 0.3) is 0 Å². The second-order valence-electron chi connectivity index (χ2n) is 14.0. The number of ketones is 1. The molecular weight excluding hydrogens is 614 g/mol. The quantitative estimate of drug-likeness (QED) is 0.134. The zero-order valence-electron chi connectivity index (χ0n) is 25.8. The number of rotatable bonds is 12. The summed E-state index contributed by atoms with van der Waals surface area (Å²) in [6.45, 7) is 7.79. The first-order chi connectivity index (χ1) is 20.7. The van der Waals surface area contributed by atoms with Crippen molar-refractivity contribution in [2.45, 2.75) is 76.2 Å². The van der Waals surface area contributed by atoms with E-state index in [0.717, 1.165) is 55.8 Å². The van der Waals surface area contributed by atoms with Crippen LogP contribution in [0.1, 0.15) is 76.1 Å². The van der Waals surface area contributed by atoms with Crippen LogP contribution in [0.3, 0.4) is 0 Å². The molecule has 8 nitrogen and oxygen atoms in total. The van der Waals surface area contributed by atoms with Gasteiger partial charge in [-0.2, -0.15) is 17.2 Å². The summed E-state index contributed by atoms with van der Waals surface area (Å²) in [6, 6.07) is 7.38. The summed E-state index contributed by atoms with van der Waals surface area (Å²) in [6.07, 6.45) is 6.41. The van der Waals surface area contributed by atoms with Crippen LogP contribution in [0.15, 0.2) is 24.3 Å². The van der Waals surface area contributed by atoms with E-state index < -0.39 is 21.3 Å². The lowest BCUT2D eigenvalue weighted by Crippen LogP contribution is -2.54. The van der Waals surface area contributed by atoms with Gasteiger partial charge in [0.25, 0.3) is 0 Å². The Balaban J connectivity index is 1.39. The van der Waals surface area contributed by atoms with Crippen LogP contribution in [0, 0.1) is 34.5 Å². The average molecular weight is 660 g/mol. The summed E-state index contributed by atoms with van der Waals surface area (Å²) < 4.78 is 75.2. The predicted octanol–water partition coefficient (Wildman–Crippen LogP) is 5.56. The molecule has 1 aromatic carbocycles. The number of fused-ring (bicyclic) bond motifs is 2. The number of esters is 1. The van der Waals surface area contributed by atoms with Gasteiger partial charge in [0.05, 0.1) is 26.4 Å². The van der Waals surface area contributed by atoms with Crippen LogP contribution < -0.4 is 4.74 Å². The van der Waals surface area contributed by atoms with Crippen molar-refractivity contribution in [2.24, 2.45) is 34.5 Å². The highest BCUT2D eigenvalue weighted by atomic mass is 32.2. The Kier molecular flexibility index (Phi) is 9.77. The normalized spacial score (nSPS) is 30.0. The highest BCUT2D eigenvalue weighted by molar-refractivity contribution is 7.98. The van der Waals surface area contributed by atoms with Crippen LogP contribution in [0.2, 0.25) is 0 Å². The molecule has 246 valence electrons. The molecule has 0 spiro atoms.